The van der Waals surface area contributed by atoms with Gasteiger partial charge in [-0.1, -0.05) is 0 Å². The summed E-state index contributed by atoms with van der Waals surface area (Å²) in [6, 6.07) is 4.15. The molecule has 0 fully saturated rings. The fourth-order valence-corrected chi connectivity index (χ4v) is 2.67. The Kier molecular flexibility index (Phi) is 5.61. The Bertz CT molecular complexity index is 762. The fourth-order valence-electron chi connectivity index (χ4n) is 2.37. The molecule has 0 aliphatic carbocycles. The van der Waals surface area contributed by atoms with Crippen molar-refractivity contribution < 1.29 is 4.79 Å². The monoisotopic (exact) mass is 331 g/mol. The van der Waals surface area contributed by atoms with Gasteiger partial charge in [0, 0.05) is 17.9 Å². The Morgan fingerprint density at radius 2 is 2.26 bits per heavy atom. The second-order valence-electron chi connectivity index (χ2n) is 5.48. The molecule has 0 spiro atoms. The Morgan fingerprint density at radius 3 is 2.91 bits per heavy atom. The minimum atomic E-state index is -0.0466. The van der Waals surface area contributed by atoms with Gasteiger partial charge in [-0.15, -0.1) is 0 Å². The number of hydrogen-bond donors (Lipinski definition) is 1. The van der Waals surface area contributed by atoms with Crippen LogP contribution in [0, 0.1) is 25.2 Å². The summed E-state index contributed by atoms with van der Waals surface area (Å²) in [4.78, 5) is 16.1. The lowest BCUT2D eigenvalue weighted by molar-refractivity contribution is -0.120. The molecule has 0 radical (unpaired) electrons. The van der Waals surface area contributed by atoms with Crippen LogP contribution in [0.25, 0.3) is 5.65 Å². The van der Waals surface area contributed by atoms with Gasteiger partial charge in [0.1, 0.15) is 11.6 Å². The third-order valence-electron chi connectivity index (χ3n) is 3.69. The first-order valence-corrected chi connectivity index (χ1v) is 8.83. The largest absolute Gasteiger partial charge is 0.355 e. The van der Waals surface area contributed by atoms with E-state index < -0.39 is 0 Å². The quantitative estimate of drug-likeness (QED) is 0.819. The first kappa shape index (κ1) is 17.3. The second-order valence-corrected chi connectivity index (χ2v) is 6.66. The predicted octanol–water partition coefficient (Wildman–Crippen LogP) is 2.02. The summed E-state index contributed by atoms with van der Waals surface area (Å²) in [7, 11) is 0. The highest BCUT2D eigenvalue weighted by Crippen LogP contribution is 2.17. The molecule has 0 bridgehead atoms. The van der Waals surface area contributed by atoms with E-state index in [1.807, 2.05) is 33.1 Å². The molecule has 0 aromatic carbocycles. The van der Waals surface area contributed by atoms with Gasteiger partial charge < -0.3 is 5.32 Å². The van der Waals surface area contributed by atoms with Crippen molar-refractivity contribution >= 4 is 23.3 Å². The Morgan fingerprint density at radius 1 is 1.52 bits per heavy atom. The van der Waals surface area contributed by atoms with Gasteiger partial charge in [0.25, 0.3) is 0 Å². The van der Waals surface area contributed by atoms with Crippen molar-refractivity contribution in [1.82, 2.24) is 19.9 Å². The number of nitrogens with one attached hydrogen (secondary N) is 1. The van der Waals surface area contributed by atoms with Gasteiger partial charge in [0.15, 0.2) is 5.65 Å². The Balaban J connectivity index is 2.08. The minimum Gasteiger partial charge on any atom is -0.355 e. The number of fused-ring (bicyclic) bond motifs is 1. The van der Waals surface area contributed by atoms with Gasteiger partial charge in [0.05, 0.1) is 10.9 Å². The lowest BCUT2D eigenvalue weighted by Crippen LogP contribution is -2.31. The van der Waals surface area contributed by atoms with Gasteiger partial charge in [-0.2, -0.15) is 22.1 Å². The van der Waals surface area contributed by atoms with E-state index in [-0.39, 0.29) is 11.2 Å². The lowest BCUT2D eigenvalue weighted by Gasteiger charge is -2.08. The van der Waals surface area contributed by atoms with Gasteiger partial charge >= 0.3 is 0 Å². The topological polar surface area (TPSA) is 83.1 Å². The van der Waals surface area contributed by atoms with E-state index in [4.69, 9.17) is 0 Å². The molecule has 1 atom stereocenters. The molecule has 1 amide bonds. The second kappa shape index (κ2) is 7.47. The average molecular weight is 331 g/mol. The van der Waals surface area contributed by atoms with Gasteiger partial charge in [-0.05, 0) is 45.9 Å². The van der Waals surface area contributed by atoms with Crippen LogP contribution in [-0.2, 0) is 11.2 Å². The number of aromatic nitrogens is 3. The van der Waals surface area contributed by atoms with E-state index in [1.54, 1.807) is 4.52 Å². The van der Waals surface area contributed by atoms with Crippen molar-refractivity contribution in [2.24, 2.45) is 0 Å². The average Bonchev–Trinajstić information content (AvgIpc) is 2.88. The zero-order valence-corrected chi connectivity index (χ0v) is 14.7. The van der Waals surface area contributed by atoms with Crippen LogP contribution in [0.2, 0.25) is 0 Å². The highest BCUT2D eigenvalue weighted by Gasteiger charge is 2.15. The molecule has 2 aromatic heterocycles. The van der Waals surface area contributed by atoms with Crippen LogP contribution in [0.5, 0.6) is 0 Å². The molecule has 0 aliphatic rings. The summed E-state index contributed by atoms with van der Waals surface area (Å²) in [6.07, 6.45) is 3.29. The molecule has 7 heteroatoms. The molecule has 122 valence electrons. The van der Waals surface area contributed by atoms with Crippen molar-refractivity contribution in [2.75, 3.05) is 12.8 Å². The first-order chi connectivity index (χ1) is 11.0. The summed E-state index contributed by atoms with van der Waals surface area (Å²) >= 11 is 1.52. The zero-order chi connectivity index (χ0) is 17.0. The molecule has 23 heavy (non-hydrogen) atoms. The summed E-state index contributed by atoms with van der Waals surface area (Å²) in [5, 5.41) is 16.8. The number of carbonyl (C=O) groups is 1. The smallest absolute Gasteiger partial charge is 0.232 e. The minimum absolute atomic E-state index is 0.0427. The summed E-state index contributed by atoms with van der Waals surface area (Å²) < 4.78 is 1.72. The Hall–Kier alpha value is -2.07. The van der Waals surface area contributed by atoms with Crippen molar-refractivity contribution in [3.05, 3.63) is 28.7 Å². The highest BCUT2D eigenvalue weighted by molar-refractivity contribution is 7.99. The molecule has 2 aromatic rings. The number of amides is 1. The van der Waals surface area contributed by atoms with E-state index in [0.717, 1.165) is 23.5 Å². The fraction of sp³-hybridized carbons (Fsp3) is 0.500. The molecular weight excluding hydrogens is 310 g/mol. The van der Waals surface area contributed by atoms with E-state index in [1.165, 1.54) is 11.8 Å². The lowest BCUT2D eigenvalue weighted by atomic mass is 10.1. The van der Waals surface area contributed by atoms with Gasteiger partial charge in [0.2, 0.25) is 5.91 Å². The molecule has 1 unspecified atom stereocenters. The van der Waals surface area contributed by atoms with E-state index in [9.17, 15) is 10.1 Å². The third-order valence-corrected chi connectivity index (χ3v) is 4.61. The van der Waals surface area contributed by atoms with Crippen molar-refractivity contribution in [1.29, 1.82) is 5.26 Å². The van der Waals surface area contributed by atoms with Crippen LogP contribution < -0.4 is 5.32 Å². The number of thioether (sulfide) groups is 1. The van der Waals surface area contributed by atoms with Crippen LogP contribution in [-0.4, -0.2) is 38.6 Å². The highest BCUT2D eigenvalue weighted by atomic mass is 32.2. The SMILES string of the molecule is CSC(C)C(=O)NCCCc1nn2c(C)cc(C)nc2c1C#N. The molecule has 0 aliphatic heterocycles. The standard InChI is InChI=1S/C16H21N5OS/c1-10-8-11(2)21-15(19-10)13(9-17)14(20-21)6-5-7-18-16(22)12(3)23-4/h8,12H,5-7H2,1-4H3,(H,18,22). The number of carbonyl (C=O) groups excluding carboxylic acids is 1. The van der Waals surface area contributed by atoms with Crippen molar-refractivity contribution in [3.8, 4) is 6.07 Å². The zero-order valence-electron chi connectivity index (χ0n) is 13.9. The van der Waals surface area contributed by atoms with Crippen LogP contribution >= 0.6 is 11.8 Å². The number of rotatable bonds is 6. The van der Waals surface area contributed by atoms with Crippen molar-refractivity contribution in [3.63, 3.8) is 0 Å². The molecule has 2 heterocycles. The van der Waals surface area contributed by atoms with Crippen LogP contribution in [0.3, 0.4) is 0 Å². The maximum absolute atomic E-state index is 11.7. The molecule has 2 rings (SSSR count). The molecule has 0 saturated carbocycles. The van der Waals surface area contributed by atoms with E-state index in [2.05, 4.69) is 21.5 Å². The van der Waals surface area contributed by atoms with Crippen LogP contribution in [0.1, 0.15) is 36.0 Å². The number of nitrogens with zero attached hydrogens (tertiary/aromatic N) is 4. The number of hydrogen-bond acceptors (Lipinski definition) is 5. The van der Waals surface area contributed by atoms with Crippen LogP contribution in [0.15, 0.2) is 6.07 Å². The van der Waals surface area contributed by atoms with E-state index in [0.29, 0.717) is 24.2 Å². The third kappa shape index (κ3) is 3.82. The van der Waals surface area contributed by atoms with Crippen molar-refractivity contribution in [2.45, 2.75) is 38.9 Å². The molecule has 6 nitrogen and oxygen atoms in total. The maximum Gasteiger partial charge on any atom is 0.232 e. The van der Waals surface area contributed by atoms with E-state index >= 15 is 0 Å². The van der Waals surface area contributed by atoms with Gasteiger partial charge in [-0.3, -0.25) is 4.79 Å². The summed E-state index contributed by atoms with van der Waals surface area (Å²) in [5.74, 6) is 0.0427. The first-order valence-electron chi connectivity index (χ1n) is 7.54. The number of aryl methyl sites for hydroxylation is 3. The summed E-state index contributed by atoms with van der Waals surface area (Å²) in [5.41, 5.74) is 3.70. The predicted molar refractivity (Wildman–Crippen MR) is 91.5 cm³/mol. The number of nitriles is 1. The molecule has 0 saturated heterocycles. The molecular formula is C16H21N5OS. The summed E-state index contributed by atoms with van der Waals surface area (Å²) in [6.45, 7) is 6.31. The molecule has 1 N–H and O–H groups in total. The van der Waals surface area contributed by atoms with Gasteiger partial charge in [-0.25, -0.2) is 9.50 Å². The normalized spacial score (nSPS) is 12.1. The maximum atomic E-state index is 11.7. The Labute approximate surface area is 140 Å². The van der Waals surface area contributed by atoms with Crippen LogP contribution in [0.4, 0.5) is 0 Å².